The van der Waals surface area contributed by atoms with E-state index in [0.717, 1.165) is 18.4 Å². The summed E-state index contributed by atoms with van der Waals surface area (Å²) in [4.78, 5) is 11.6. The predicted molar refractivity (Wildman–Crippen MR) is 75.8 cm³/mol. The monoisotopic (exact) mass is 304 g/mol. The topological polar surface area (TPSA) is 41.5 Å². The van der Waals surface area contributed by atoms with Crippen LogP contribution < -0.4 is 5.43 Å². The molecule has 1 aromatic carbocycles. The van der Waals surface area contributed by atoms with Gasteiger partial charge in [-0.05, 0) is 37.5 Å². The molecule has 0 heterocycles. The molecule has 96 valence electrons. The van der Waals surface area contributed by atoms with Crippen molar-refractivity contribution in [2.45, 2.75) is 19.8 Å². The van der Waals surface area contributed by atoms with E-state index in [4.69, 9.17) is 34.8 Å². The molecule has 1 aliphatic rings. The van der Waals surface area contributed by atoms with E-state index in [1.54, 1.807) is 12.1 Å². The number of hydrogen-bond donors (Lipinski definition) is 1. The van der Waals surface area contributed by atoms with Crippen molar-refractivity contribution in [2.75, 3.05) is 5.43 Å². The maximum atomic E-state index is 11.6. The van der Waals surface area contributed by atoms with E-state index >= 15 is 0 Å². The van der Waals surface area contributed by atoms with Crippen LogP contribution in [0.25, 0.3) is 0 Å². The Bertz CT molecular complexity index is 524. The van der Waals surface area contributed by atoms with Crippen LogP contribution >= 0.6 is 34.8 Å². The van der Waals surface area contributed by atoms with Gasteiger partial charge in [0.1, 0.15) is 0 Å². The lowest BCUT2D eigenvalue weighted by Crippen LogP contribution is -2.11. The van der Waals surface area contributed by atoms with Crippen LogP contribution in [0.4, 0.5) is 5.69 Å². The van der Waals surface area contributed by atoms with Crippen molar-refractivity contribution >= 4 is 51.4 Å². The molecule has 0 unspecified atom stereocenters. The van der Waals surface area contributed by atoms with Crippen molar-refractivity contribution < 1.29 is 4.79 Å². The van der Waals surface area contributed by atoms with E-state index in [1.165, 1.54) is 0 Å². The summed E-state index contributed by atoms with van der Waals surface area (Å²) in [5.74, 6) is -0.0676. The molecule has 1 aromatic rings. The summed E-state index contributed by atoms with van der Waals surface area (Å²) < 4.78 is 0. The van der Waals surface area contributed by atoms with Crippen LogP contribution in [0, 0.1) is 12.8 Å². The molecule has 0 saturated heterocycles. The second-order valence-corrected chi connectivity index (χ2v) is 5.41. The lowest BCUT2D eigenvalue weighted by Gasteiger charge is -2.07. The van der Waals surface area contributed by atoms with E-state index in [2.05, 4.69) is 10.5 Å². The molecule has 1 N–H and O–H groups in total. The molecule has 0 atom stereocenters. The number of hydrogen-bond acceptors (Lipinski definition) is 3. The predicted octanol–water partition coefficient (Wildman–Crippen LogP) is 4.25. The van der Waals surface area contributed by atoms with Gasteiger partial charge in [0.25, 0.3) is 0 Å². The minimum Gasteiger partial charge on any atom is -0.291 e. The van der Waals surface area contributed by atoms with Gasteiger partial charge in [0.15, 0.2) is 11.0 Å². The van der Waals surface area contributed by atoms with Crippen LogP contribution in [0.1, 0.15) is 18.4 Å². The van der Waals surface area contributed by atoms with E-state index in [-0.39, 0.29) is 16.9 Å². The Kier molecular flexibility index (Phi) is 4.15. The summed E-state index contributed by atoms with van der Waals surface area (Å²) >= 11 is 17.7. The molecular weight excluding hydrogens is 295 g/mol. The Labute approximate surface area is 120 Å². The van der Waals surface area contributed by atoms with Gasteiger partial charge in [-0.1, -0.05) is 34.8 Å². The Morgan fingerprint density at radius 1 is 1.39 bits per heavy atom. The highest BCUT2D eigenvalue weighted by atomic mass is 35.5. The fraction of sp³-hybridized carbons (Fsp3) is 0.333. The first-order valence-electron chi connectivity index (χ1n) is 5.48. The third kappa shape index (κ3) is 3.16. The van der Waals surface area contributed by atoms with Crippen molar-refractivity contribution in [1.29, 1.82) is 0 Å². The first-order valence-corrected chi connectivity index (χ1v) is 6.61. The quantitative estimate of drug-likeness (QED) is 0.667. The third-order valence-corrected chi connectivity index (χ3v) is 3.62. The van der Waals surface area contributed by atoms with Gasteiger partial charge >= 0.3 is 0 Å². The molecule has 3 nitrogen and oxygen atoms in total. The number of benzene rings is 1. The molecule has 0 bridgehead atoms. The summed E-state index contributed by atoms with van der Waals surface area (Å²) in [5.41, 5.74) is 4.16. The molecule has 0 amide bonds. The van der Waals surface area contributed by atoms with Crippen molar-refractivity contribution in [3.8, 4) is 0 Å². The molecule has 18 heavy (non-hydrogen) atoms. The van der Waals surface area contributed by atoms with Crippen molar-refractivity contribution in [2.24, 2.45) is 11.0 Å². The van der Waals surface area contributed by atoms with Gasteiger partial charge in [0.2, 0.25) is 0 Å². The Balaban J connectivity index is 2.14. The summed E-state index contributed by atoms with van der Waals surface area (Å²) in [7, 11) is 0. The third-order valence-electron chi connectivity index (χ3n) is 2.74. The summed E-state index contributed by atoms with van der Waals surface area (Å²) in [6, 6.07) is 3.32. The van der Waals surface area contributed by atoms with E-state index < -0.39 is 0 Å². The molecule has 0 aromatic heterocycles. The molecule has 0 radical (unpaired) electrons. The largest absolute Gasteiger partial charge is 0.291 e. The summed E-state index contributed by atoms with van der Waals surface area (Å²) in [5, 5.41) is 4.86. The van der Waals surface area contributed by atoms with Crippen LogP contribution in [-0.2, 0) is 4.79 Å². The lowest BCUT2D eigenvalue weighted by atomic mass is 10.2. The van der Waals surface area contributed by atoms with E-state index in [9.17, 15) is 4.79 Å². The Morgan fingerprint density at radius 3 is 2.67 bits per heavy atom. The zero-order valence-electron chi connectivity index (χ0n) is 9.64. The highest BCUT2D eigenvalue weighted by Crippen LogP contribution is 2.31. The van der Waals surface area contributed by atoms with Gasteiger partial charge in [0, 0.05) is 16.0 Å². The first-order chi connectivity index (χ1) is 8.49. The molecule has 0 aliphatic heterocycles. The minimum absolute atomic E-state index is 0.0343. The van der Waals surface area contributed by atoms with Crippen molar-refractivity contribution in [1.82, 2.24) is 0 Å². The average molecular weight is 306 g/mol. The van der Waals surface area contributed by atoms with E-state index in [0.29, 0.717) is 15.7 Å². The molecule has 1 fully saturated rings. The van der Waals surface area contributed by atoms with Crippen LogP contribution in [-0.4, -0.2) is 11.0 Å². The van der Waals surface area contributed by atoms with Crippen LogP contribution in [0.2, 0.25) is 10.0 Å². The van der Waals surface area contributed by atoms with Crippen LogP contribution in [0.5, 0.6) is 0 Å². The van der Waals surface area contributed by atoms with Gasteiger partial charge in [-0.2, -0.15) is 5.10 Å². The molecule has 0 spiro atoms. The van der Waals surface area contributed by atoms with Crippen LogP contribution in [0.3, 0.4) is 0 Å². The van der Waals surface area contributed by atoms with Gasteiger partial charge in [-0.15, -0.1) is 0 Å². The second kappa shape index (κ2) is 5.47. The van der Waals surface area contributed by atoms with Gasteiger partial charge in [0.05, 0.1) is 5.69 Å². The lowest BCUT2D eigenvalue weighted by molar-refractivity contribution is -0.113. The fourth-order valence-electron chi connectivity index (χ4n) is 1.44. The standard InChI is InChI=1S/C12H11Cl3N2O/c1-6-9(14)4-8(13)5-10(6)16-17-12(15)11(18)7-2-3-7/h4-5,7,16H,2-3H2,1H3. The normalized spacial score (nSPS) is 15.7. The van der Waals surface area contributed by atoms with Crippen molar-refractivity contribution in [3.05, 3.63) is 27.7 Å². The highest BCUT2D eigenvalue weighted by Gasteiger charge is 2.32. The molecule has 6 heteroatoms. The van der Waals surface area contributed by atoms with E-state index in [1.807, 2.05) is 6.92 Å². The van der Waals surface area contributed by atoms with Crippen molar-refractivity contribution in [3.63, 3.8) is 0 Å². The number of ketones is 1. The number of Topliss-reactive ketones (excluding diaryl/α,β-unsaturated/α-hetero) is 1. The first kappa shape index (κ1) is 13.7. The zero-order valence-corrected chi connectivity index (χ0v) is 11.9. The molecule has 1 aliphatic carbocycles. The minimum atomic E-state index is -0.116. The summed E-state index contributed by atoms with van der Waals surface area (Å²) in [6.07, 6.45) is 1.79. The average Bonchev–Trinajstić information content (AvgIpc) is 3.14. The van der Waals surface area contributed by atoms with Gasteiger partial charge < -0.3 is 0 Å². The Morgan fingerprint density at radius 2 is 2.06 bits per heavy atom. The fourth-order valence-corrected chi connectivity index (χ4v) is 2.13. The van der Waals surface area contributed by atoms with Crippen LogP contribution in [0.15, 0.2) is 17.2 Å². The molecular formula is C12H11Cl3N2O. The van der Waals surface area contributed by atoms with Gasteiger partial charge in [-0.25, -0.2) is 0 Å². The van der Waals surface area contributed by atoms with Gasteiger partial charge in [-0.3, -0.25) is 10.2 Å². The number of carbonyl (C=O) groups is 1. The summed E-state index contributed by atoms with van der Waals surface area (Å²) in [6.45, 7) is 1.83. The molecule has 2 rings (SSSR count). The number of hydrazone groups is 1. The smallest absolute Gasteiger partial charge is 0.197 e. The SMILES string of the molecule is Cc1c(Cl)cc(Cl)cc1NN=C(Cl)C(=O)C1CC1. The number of rotatable bonds is 4. The number of anilines is 1. The molecule has 1 saturated carbocycles. The highest BCUT2D eigenvalue weighted by molar-refractivity contribution is 6.83. The number of nitrogens with one attached hydrogen (secondary N) is 1. The number of carbonyl (C=O) groups excluding carboxylic acids is 1. The number of halogens is 3. The maximum absolute atomic E-state index is 11.6. The number of nitrogens with zero attached hydrogens (tertiary/aromatic N) is 1. The second-order valence-electron chi connectivity index (χ2n) is 4.21. The Hall–Kier alpha value is -0.770. The maximum Gasteiger partial charge on any atom is 0.197 e. The zero-order chi connectivity index (χ0) is 13.3.